The molecule has 8 nitrogen and oxygen atoms in total. The fourth-order valence-corrected chi connectivity index (χ4v) is 4.94. The van der Waals surface area contributed by atoms with Gasteiger partial charge in [0.05, 0.1) is 22.7 Å². The number of nitriles is 1. The second-order valence-corrected chi connectivity index (χ2v) is 10.1. The van der Waals surface area contributed by atoms with Crippen LogP contribution in [-0.4, -0.2) is 25.4 Å². The van der Waals surface area contributed by atoms with E-state index in [0.29, 0.717) is 29.2 Å². The van der Waals surface area contributed by atoms with Crippen LogP contribution in [0, 0.1) is 11.3 Å². The molecule has 4 aromatic rings. The molecule has 1 saturated heterocycles. The van der Waals surface area contributed by atoms with Crippen LogP contribution >= 0.6 is 11.8 Å². The van der Waals surface area contributed by atoms with Crippen LogP contribution < -0.4 is 14.8 Å². The molecule has 0 aliphatic carbocycles. The van der Waals surface area contributed by atoms with Crippen molar-refractivity contribution >= 4 is 33.9 Å². The molecular weight excluding hydrogens is 476 g/mol. The number of benzene rings is 3. The zero-order valence-electron chi connectivity index (χ0n) is 19.6. The van der Waals surface area contributed by atoms with E-state index in [1.165, 1.54) is 0 Å². The van der Waals surface area contributed by atoms with Gasteiger partial charge in [-0.25, -0.2) is 4.98 Å². The predicted molar refractivity (Wildman–Crippen MR) is 136 cm³/mol. The van der Waals surface area contributed by atoms with E-state index in [9.17, 15) is 9.59 Å². The number of imidazole rings is 1. The topological polar surface area (TPSA) is 106 Å². The van der Waals surface area contributed by atoms with Crippen LogP contribution in [0.15, 0.2) is 66.7 Å². The Hall–Kier alpha value is -4.29. The number of ether oxygens (including phenoxy) is 2. The lowest BCUT2D eigenvalue weighted by atomic mass is 9.99. The molecule has 1 fully saturated rings. The number of nitrogens with one attached hydrogen (secondary N) is 1. The van der Waals surface area contributed by atoms with Gasteiger partial charge in [-0.1, -0.05) is 12.1 Å². The molecular formula is C27H22N4O4S. The Morgan fingerprint density at radius 1 is 1.03 bits per heavy atom. The molecule has 1 atom stereocenters. The first-order valence-electron chi connectivity index (χ1n) is 11.2. The lowest BCUT2D eigenvalue weighted by molar-refractivity contribution is -0.121. The Morgan fingerprint density at radius 2 is 1.72 bits per heavy atom. The standard InChI is InChI=1S/C27H22N4O4S/c1-27(25(32)30-26(33)36-27)14-17-3-7-19(8-4-17)34-16-24-29-22-12-11-21(13-23(22)31(24)2)35-20-9-5-18(15-28)6-10-20/h3-13H,14,16H2,1-2H3,(H,30,32,33)/t27-/m1/s1. The van der Waals surface area contributed by atoms with Crippen molar-refractivity contribution < 1.29 is 19.1 Å². The van der Waals surface area contributed by atoms with E-state index in [0.717, 1.165) is 34.2 Å². The van der Waals surface area contributed by atoms with Gasteiger partial charge in [-0.05, 0) is 79.2 Å². The van der Waals surface area contributed by atoms with Crippen LogP contribution in [0.5, 0.6) is 17.2 Å². The number of nitrogens with zero attached hydrogens (tertiary/aromatic N) is 3. The van der Waals surface area contributed by atoms with Crippen molar-refractivity contribution in [3.8, 4) is 23.3 Å². The summed E-state index contributed by atoms with van der Waals surface area (Å²) in [5.74, 6) is 2.50. The molecule has 5 rings (SSSR count). The summed E-state index contributed by atoms with van der Waals surface area (Å²) in [6, 6.07) is 22.2. The Kier molecular flexibility index (Phi) is 6.12. The highest BCUT2D eigenvalue weighted by Crippen LogP contribution is 2.35. The minimum absolute atomic E-state index is 0.259. The van der Waals surface area contributed by atoms with E-state index < -0.39 is 4.75 Å². The van der Waals surface area contributed by atoms with Gasteiger partial charge in [0.2, 0.25) is 5.91 Å². The number of fused-ring (bicyclic) bond motifs is 1. The lowest BCUT2D eigenvalue weighted by Crippen LogP contribution is -2.35. The van der Waals surface area contributed by atoms with Crippen molar-refractivity contribution in [2.45, 2.75) is 24.7 Å². The molecule has 1 aliphatic rings. The van der Waals surface area contributed by atoms with Crippen molar-refractivity contribution in [1.82, 2.24) is 14.9 Å². The van der Waals surface area contributed by atoms with Gasteiger partial charge >= 0.3 is 0 Å². The van der Waals surface area contributed by atoms with Gasteiger partial charge in [0.15, 0.2) is 0 Å². The van der Waals surface area contributed by atoms with Crippen LogP contribution in [-0.2, 0) is 24.9 Å². The largest absolute Gasteiger partial charge is 0.486 e. The molecule has 0 bridgehead atoms. The molecule has 36 heavy (non-hydrogen) atoms. The summed E-state index contributed by atoms with van der Waals surface area (Å²) in [5, 5.41) is 11.0. The highest BCUT2D eigenvalue weighted by Gasteiger charge is 2.43. The van der Waals surface area contributed by atoms with Crippen molar-refractivity contribution in [2.24, 2.45) is 7.05 Å². The van der Waals surface area contributed by atoms with E-state index in [4.69, 9.17) is 14.7 Å². The molecule has 0 spiro atoms. The fourth-order valence-electron chi connectivity index (χ4n) is 4.00. The average molecular weight is 499 g/mol. The minimum Gasteiger partial charge on any atom is -0.486 e. The van der Waals surface area contributed by atoms with Gasteiger partial charge < -0.3 is 14.0 Å². The maximum absolute atomic E-state index is 12.1. The zero-order valence-corrected chi connectivity index (χ0v) is 20.5. The third-order valence-electron chi connectivity index (χ3n) is 6.01. The molecule has 0 unspecified atom stereocenters. The number of carbonyl (C=O) groups is 2. The number of hydrogen-bond acceptors (Lipinski definition) is 7. The van der Waals surface area contributed by atoms with Gasteiger partial charge in [-0.15, -0.1) is 0 Å². The van der Waals surface area contributed by atoms with Crippen molar-refractivity contribution in [1.29, 1.82) is 5.26 Å². The Labute approximate surface area is 211 Å². The van der Waals surface area contributed by atoms with E-state index in [2.05, 4.69) is 16.4 Å². The van der Waals surface area contributed by atoms with Gasteiger partial charge in [0.1, 0.15) is 34.4 Å². The SMILES string of the molecule is Cn1c(COc2ccc(C[C@@]3(C)SC(=O)NC3=O)cc2)nc2ccc(Oc3ccc(C#N)cc3)cc21. The quantitative estimate of drug-likeness (QED) is 0.378. The normalized spacial score (nSPS) is 17.1. The Morgan fingerprint density at radius 3 is 2.39 bits per heavy atom. The van der Waals surface area contributed by atoms with Gasteiger partial charge in [-0.3, -0.25) is 14.9 Å². The molecule has 0 saturated carbocycles. The summed E-state index contributed by atoms with van der Waals surface area (Å²) in [6.07, 6.45) is 0.452. The summed E-state index contributed by atoms with van der Waals surface area (Å²) in [6.45, 7) is 2.05. The van der Waals surface area contributed by atoms with Crippen LogP contribution in [0.3, 0.4) is 0 Å². The Bertz CT molecular complexity index is 1510. The monoisotopic (exact) mass is 498 g/mol. The summed E-state index contributed by atoms with van der Waals surface area (Å²) in [7, 11) is 1.93. The van der Waals surface area contributed by atoms with Crippen LogP contribution in [0.4, 0.5) is 4.79 Å². The first-order valence-corrected chi connectivity index (χ1v) is 12.0. The Balaban J connectivity index is 1.24. The van der Waals surface area contributed by atoms with Gasteiger partial charge in [-0.2, -0.15) is 5.26 Å². The summed E-state index contributed by atoms with van der Waals surface area (Å²) >= 11 is 1.03. The molecule has 0 radical (unpaired) electrons. The van der Waals surface area contributed by atoms with Crippen molar-refractivity contribution in [3.63, 3.8) is 0 Å². The summed E-state index contributed by atoms with van der Waals surface area (Å²) in [5.41, 5.74) is 3.26. The van der Waals surface area contributed by atoms with Crippen LogP contribution in [0.2, 0.25) is 0 Å². The number of aryl methyl sites for hydroxylation is 1. The molecule has 9 heteroatoms. The number of aromatic nitrogens is 2. The van der Waals surface area contributed by atoms with Crippen LogP contribution in [0.25, 0.3) is 11.0 Å². The molecule has 1 aromatic heterocycles. The average Bonchev–Trinajstić information content (AvgIpc) is 3.32. The smallest absolute Gasteiger partial charge is 0.286 e. The van der Waals surface area contributed by atoms with E-state index in [1.54, 1.807) is 31.2 Å². The first kappa shape index (κ1) is 23.5. The van der Waals surface area contributed by atoms with E-state index in [1.807, 2.05) is 54.1 Å². The molecule has 1 aliphatic heterocycles. The summed E-state index contributed by atoms with van der Waals surface area (Å²) in [4.78, 5) is 28.3. The third kappa shape index (κ3) is 4.76. The predicted octanol–water partition coefficient (Wildman–Crippen LogP) is 5.10. The first-order chi connectivity index (χ1) is 17.3. The molecule has 3 aromatic carbocycles. The number of amides is 2. The van der Waals surface area contributed by atoms with Crippen LogP contribution in [0.1, 0.15) is 23.9 Å². The minimum atomic E-state index is -0.796. The second-order valence-electron chi connectivity index (χ2n) is 8.66. The highest BCUT2D eigenvalue weighted by atomic mass is 32.2. The highest BCUT2D eigenvalue weighted by molar-refractivity contribution is 8.16. The molecule has 180 valence electrons. The summed E-state index contributed by atoms with van der Waals surface area (Å²) < 4.78 is 13.1. The number of hydrogen-bond donors (Lipinski definition) is 1. The molecule has 2 heterocycles. The molecule has 1 N–H and O–H groups in total. The number of imide groups is 1. The van der Waals surface area contributed by atoms with E-state index in [-0.39, 0.29) is 17.8 Å². The van der Waals surface area contributed by atoms with Crippen molar-refractivity contribution in [2.75, 3.05) is 0 Å². The number of thioether (sulfide) groups is 1. The second kappa shape index (κ2) is 9.40. The van der Waals surface area contributed by atoms with E-state index >= 15 is 0 Å². The van der Waals surface area contributed by atoms with Crippen molar-refractivity contribution in [3.05, 3.63) is 83.7 Å². The zero-order chi connectivity index (χ0) is 25.3. The van der Waals surface area contributed by atoms with Gasteiger partial charge in [0, 0.05) is 13.1 Å². The third-order valence-corrected chi connectivity index (χ3v) is 7.08. The fraction of sp³-hybridized carbons (Fsp3) is 0.185. The number of carbonyl (C=O) groups excluding carboxylic acids is 2. The van der Waals surface area contributed by atoms with Gasteiger partial charge in [0.25, 0.3) is 5.24 Å². The molecule has 2 amide bonds. The maximum Gasteiger partial charge on any atom is 0.286 e. The lowest BCUT2D eigenvalue weighted by Gasteiger charge is -2.18. The maximum atomic E-state index is 12.1. The number of rotatable bonds is 7.